The summed E-state index contributed by atoms with van der Waals surface area (Å²) in [4.78, 5) is 25.8. The minimum Gasteiger partial charge on any atom is -0.380 e. The fourth-order valence-corrected chi connectivity index (χ4v) is 3.27. The molecule has 5 nitrogen and oxygen atoms in total. The number of hydrogen-bond donors (Lipinski definition) is 1. The van der Waals surface area contributed by atoms with Crippen LogP contribution in [0.3, 0.4) is 0 Å². The van der Waals surface area contributed by atoms with Gasteiger partial charge in [0, 0.05) is 25.6 Å². The molecule has 5 heteroatoms. The van der Waals surface area contributed by atoms with Gasteiger partial charge in [0.15, 0.2) is 0 Å². The maximum absolute atomic E-state index is 12.7. The third-order valence-corrected chi connectivity index (χ3v) is 4.92. The molecule has 2 N–H and O–H groups in total. The molecule has 1 aliphatic heterocycles. The number of ether oxygens (including phenoxy) is 1. The van der Waals surface area contributed by atoms with Gasteiger partial charge in [-0.15, -0.1) is 0 Å². The maximum Gasteiger partial charge on any atom is 0.254 e. The average Bonchev–Trinajstić information content (AvgIpc) is 2.90. The molecule has 1 aromatic rings. The van der Waals surface area contributed by atoms with Gasteiger partial charge in [-0.2, -0.15) is 0 Å². The Bertz CT molecular complexity index is 566. The Labute approximate surface area is 130 Å². The lowest BCUT2D eigenvalue weighted by Gasteiger charge is -2.26. The van der Waals surface area contributed by atoms with Crippen molar-refractivity contribution in [2.75, 3.05) is 13.7 Å². The number of rotatable bonds is 4. The first-order valence-electron chi connectivity index (χ1n) is 7.83. The molecule has 1 saturated heterocycles. The van der Waals surface area contributed by atoms with E-state index < -0.39 is 11.9 Å². The standard InChI is InChI=1S/C17H22N2O3/c1-22-14-9-15(16(18)20)19(10-14)17(21)13-7-5-12(6-8-13)11-3-2-4-11/h5-8,11,14-15H,2-4,9-10H2,1H3,(H2,18,20)/t14-,15-/m0/s1. The molecule has 2 amide bonds. The highest BCUT2D eigenvalue weighted by molar-refractivity contribution is 5.97. The summed E-state index contributed by atoms with van der Waals surface area (Å²) in [5.74, 6) is 0.0228. The maximum atomic E-state index is 12.7. The highest BCUT2D eigenvalue weighted by Crippen LogP contribution is 2.36. The predicted octanol–water partition coefficient (Wildman–Crippen LogP) is 1.67. The Hall–Kier alpha value is -1.88. The Morgan fingerprint density at radius 1 is 1.23 bits per heavy atom. The lowest BCUT2D eigenvalue weighted by Crippen LogP contribution is -2.43. The van der Waals surface area contributed by atoms with Crippen LogP contribution >= 0.6 is 0 Å². The summed E-state index contributed by atoms with van der Waals surface area (Å²) in [6, 6.07) is 7.19. The first kappa shape index (κ1) is 15.0. The van der Waals surface area contributed by atoms with Gasteiger partial charge in [0.05, 0.1) is 6.10 Å². The van der Waals surface area contributed by atoms with Gasteiger partial charge in [-0.05, 0) is 36.5 Å². The number of likely N-dealkylation sites (tertiary alicyclic amines) is 1. The van der Waals surface area contributed by atoms with Crippen molar-refractivity contribution in [1.82, 2.24) is 4.90 Å². The van der Waals surface area contributed by atoms with E-state index in [0.29, 0.717) is 24.4 Å². The smallest absolute Gasteiger partial charge is 0.254 e. The molecule has 0 radical (unpaired) electrons. The number of hydrogen-bond acceptors (Lipinski definition) is 3. The van der Waals surface area contributed by atoms with Crippen LogP contribution in [-0.4, -0.2) is 42.5 Å². The molecular formula is C17H22N2O3. The number of methoxy groups -OCH3 is 1. The van der Waals surface area contributed by atoms with E-state index in [9.17, 15) is 9.59 Å². The van der Waals surface area contributed by atoms with Crippen LogP contribution in [0.2, 0.25) is 0 Å². The summed E-state index contributed by atoms with van der Waals surface area (Å²) >= 11 is 0. The quantitative estimate of drug-likeness (QED) is 0.919. The summed E-state index contributed by atoms with van der Waals surface area (Å²) in [7, 11) is 1.59. The van der Waals surface area contributed by atoms with Crippen LogP contribution in [0.4, 0.5) is 0 Å². The fraction of sp³-hybridized carbons (Fsp3) is 0.529. The van der Waals surface area contributed by atoms with Crippen LogP contribution in [0.5, 0.6) is 0 Å². The number of amides is 2. The van der Waals surface area contributed by atoms with E-state index in [4.69, 9.17) is 10.5 Å². The number of carbonyl (C=O) groups excluding carboxylic acids is 2. The molecule has 3 rings (SSSR count). The van der Waals surface area contributed by atoms with Crippen molar-refractivity contribution < 1.29 is 14.3 Å². The third kappa shape index (κ3) is 2.73. The number of nitrogens with zero attached hydrogens (tertiary/aromatic N) is 1. The second-order valence-electron chi connectivity index (χ2n) is 6.22. The highest BCUT2D eigenvalue weighted by atomic mass is 16.5. The summed E-state index contributed by atoms with van der Waals surface area (Å²) in [6.45, 7) is 0.410. The van der Waals surface area contributed by atoms with Crippen molar-refractivity contribution in [2.24, 2.45) is 5.73 Å². The molecule has 1 saturated carbocycles. The van der Waals surface area contributed by atoms with Gasteiger partial charge in [0.25, 0.3) is 5.91 Å². The van der Waals surface area contributed by atoms with E-state index in [1.807, 2.05) is 24.3 Å². The van der Waals surface area contributed by atoms with E-state index >= 15 is 0 Å². The number of benzene rings is 1. The third-order valence-electron chi connectivity index (χ3n) is 4.92. The lowest BCUT2D eigenvalue weighted by molar-refractivity contribution is -0.121. The molecule has 2 fully saturated rings. The molecule has 1 aromatic carbocycles. The summed E-state index contributed by atoms with van der Waals surface area (Å²) < 4.78 is 5.28. The number of nitrogens with two attached hydrogens (primary N) is 1. The number of carbonyl (C=O) groups is 2. The Morgan fingerprint density at radius 3 is 2.41 bits per heavy atom. The van der Waals surface area contributed by atoms with Crippen molar-refractivity contribution >= 4 is 11.8 Å². The summed E-state index contributed by atoms with van der Waals surface area (Å²) in [6.07, 6.45) is 4.10. The zero-order chi connectivity index (χ0) is 15.7. The van der Waals surface area contributed by atoms with Crippen molar-refractivity contribution in [1.29, 1.82) is 0 Å². The van der Waals surface area contributed by atoms with Gasteiger partial charge < -0.3 is 15.4 Å². The second-order valence-corrected chi connectivity index (χ2v) is 6.22. The molecule has 1 aliphatic carbocycles. The second kappa shape index (κ2) is 6.08. The molecule has 0 aromatic heterocycles. The molecule has 2 atom stereocenters. The van der Waals surface area contributed by atoms with E-state index in [0.717, 1.165) is 0 Å². The average molecular weight is 302 g/mol. The molecule has 22 heavy (non-hydrogen) atoms. The van der Waals surface area contributed by atoms with Crippen LogP contribution in [0, 0.1) is 0 Å². The first-order valence-corrected chi connectivity index (χ1v) is 7.83. The predicted molar refractivity (Wildman–Crippen MR) is 82.5 cm³/mol. The van der Waals surface area contributed by atoms with Gasteiger partial charge in [-0.3, -0.25) is 9.59 Å². The van der Waals surface area contributed by atoms with Gasteiger partial charge in [-0.1, -0.05) is 18.6 Å². The minimum atomic E-state index is -0.580. The van der Waals surface area contributed by atoms with Crippen molar-refractivity contribution in [3.63, 3.8) is 0 Å². The zero-order valence-corrected chi connectivity index (χ0v) is 12.8. The molecule has 118 valence electrons. The Morgan fingerprint density at radius 2 is 1.91 bits per heavy atom. The van der Waals surface area contributed by atoms with E-state index in [1.165, 1.54) is 29.7 Å². The zero-order valence-electron chi connectivity index (χ0n) is 12.8. The van der Waals surface area contributed by atoms with Gasteiger partial charge in [0.2, 0.25) is 5.91 Å². The van der Waals surface area contributed by atoms with Crippen LogP contribution in [0.15, 0.2) is 24.3 Å². The molecule has 1 heterocycles. The van der Waals surface area contributed by atoms with Crippen molar-refractivity contribution in [2.45, 2.75) is 43.7 Å². The largest absolute Gasteiger partial charge is 0.380 e. The molecular weight excluding hydrogens is 280 g/mol. The normalized spacial score (nSPS) is 25.0. The fourth-order valence-electron chi connectivity index (χ4n) is 3.27. The first-order chi connectivity index (χ1) is 10.6. The highest BCUT2D eigenvalue weighted by Gasteiger charge is 2.39. The SMILES string of the molecule is CO[C@H]1C[C@@H](C(N)=O)N(C(=O)c2ccc(C3CCC3)cc2)C1. The number of primary amides is 1. The van der Waals surface area contributed by atoms with E-state index in [-0.39, 0.29) is 12.0 Å². The minimum absolute atomic E-state index is 0.129. The van der Waals surface area contributed by atoms with Gasteiger partial charge in [0.1, 0.15) is 6.04 Å². The molecule has 0 spiro atoms. The van der Waals surface area contributed by atoms with Gasteiger partial charge in [-0.25, -0.2) is 0 Å². The van der Waals surface area contributed by atoms with Crippen LogP contribution in [0.1, 0.15) is 47.5 Å². The van der Waals surface area contributed by atoms with E-state index in [2.05, 4.69) is 0 Å². The van der Waals surface area contributed by atoms with Gasteiger partial charge >= 0.3 is 0 Å². The van der Waals surface area contributed by atoms with Crippen LogP contribution < -0.4 is 5.73 Å². The Kier molecular flexibility index (Phi) is 4.16. The lowest BCUT2D eigenvalue weighted by atomic mass is 9.80. The van der Waals surface area contributed by atoms with Crippen molar-refractivity contribution in [3.05, 3.63) is 35.4 Å². The summed E-state index contributed by atoms with van der Waals surface area (Å²) in [5, 5.41) is 0. The van der Waals surface area contributed by atoms with Crippen LogP contribution in [-0.2, 0) is 9.53 Å². The monoisotopic (exact) mass is 302 g/mol. The van der Waals surface area contributed by atoms with Crippen LogP contribution in [0.25, 0.3) is 0 Å². The molecule has 0 bridgehead atoms. The summed E-state index contributed by atoms with van der Waals surface area (Å²) in [5.41, 5.74) is 7.32. The topological polar surface area (TPSA) is 72.6 Å². The van der Waals surface area contributed by atoms with E-state index in [1.54, 1.807) is 7.11 Å². The molecule has 0 unspecified atom stereocenters. The van der Waals surface area contributed by atoms with Crippen molar-refractivity contribution in [3.8, 4) is 0 Å². The molecule has 2 aliphatic rings. The Balaban J connectivity index is 1.75.